The van der Waals surface area contributed by atoms with E-state index >= 15 is 0 Å². The molecule has 1 aliphatic rings. The number of nitrogens with zero attached hydrogens (tertiary/aromatic N) is 4. The number of rotatable bonds is 3. The minimum absolute atomic E-state index is 0.459. The lowest BCUT2D eigenvalue weighted by Crippen LogP contribution is -2.22. The minimum atomic E-state index is 0.459. The van der Waals surface area contributed by atoms with Gasteiger partial charge in [0.05, 0.1) is 34.3 Å². The van der Waals surface area contributed by atoms with Crippen LogP contribution in [0, 0.1) is 0 Å². The molecule has 0 saturated carbocycles. The Morgan fingerprint density at radius 1 is 1.33 bits per heavy atom. The van der Waals surface area contributed by atoms with E-state index in [4.69, 9.17) is 0 Å². The number of fused-ring (bicyclic) bond motifs is 1. The fraction of sp³-hybridized carbons (Fsp3) is 0.333. The predicted octanol–water partition coefficient (Wildman–Crippen LogP) is 2.97. The summed E-state index contributed by atoms with van der Waals surface area (Å²) < 4.78 is 3.10. The first-order chi connectivity index (χ1) is 10.3. The van der Waals surface area contributed by atoms with Gasteiger partial charge in [-0.3, -0.25) is 9.58 Å². The predicted molar refractivity (Wildman–Crippen MR) is 85.0 cm³/mol. The maximum Gasteiger partial charge on any atom is 0.121 e. The van der Waals surface area contributed by atoms with Crippen LogP contribution < -0.4 is 0 Å². The van der Waals surface area contributed by atoms with Gasteiger partial charge in [0.15, 0.2) is 0 Å². The molecular weight excluding hydrogens is 330 g/mol. The highest BCUT2D eigenvalue weighted by Crippen LogP contribution is 2.23. The Kier molecular flexibility index (Phi) is 3.27. The lowest BCUT2D eigenvalue weighted by molar-refractivity contribution is 0.305. The Bertz CT molecular complexity index is 729. The largest absolute Gasteiger partial charge is 0.341 e. The molecule has 1 saturated heterocycles. The smallest absolute Gasteiger partial charge is 0.121 e. The SMILES string of the molecule is Brc1cnn(C2CCN(Cc3nc4ccccc4[nH]3)C2)c1. The van der Waals surface area contributed by atoms with E-state index in [9.17, 15) is 0 Å². The average molecular weight is 346 g/mol. The molecule has 0 aliphatic carbocycles. The fourth-order valence-corrected chi connectivity index (χ4v) is 3.28. The fourth-order valence-electron chi connectivity index (χ4n) is 2.98. The van der Waals surface area contributed by atoms with Crippen LogP contribution in [0.1, 0.15) is 18.3 Å². The summed E-state index contributed by atoms with van der Waals surface area (Å²) in [5, 5.41) is 4.39. The summed E-state index contributed by atoms with van der Waals surface area (Å²) in [6.07, 6.45) is 5.03. The average Bonchev–Trinajstić information content (AvgIpc) is 3.17. The zero-order valence-corrected chi connectivity index (χ0v) is 13.1. The first-order valence-corrected chi connectivity index (χ1v) is 7.93. The van der Waals surface area contributed by atoms with Crippen LogP contribution in [0.25, 0.3) is 11.0 Å². The lowest BCUT2D eigenvalue weighted by Gasteiger charge is -2.14. The number of para-hydroxylation sites is 2. The van der Waals surface area contributed by atoms with Gasteiger partial charge in [-0.15, -0.1) is 0 Å². The topological polar surface area (TPSA) is 49.7 Å². The maximum atomic E-state index is 4.65. The number of aromatic amines is 1. The van der Waals surface area contributed by atoms with E-state index in [0.717, 1.165) is 47.4 Å². The van der Waals surface area contributed by atoms with Gasteiger partial charge in [-0.25, -0.2) is 4.98 Å². The molecule has 108 valence electrons. The van der Waals surface area contributed by atoms with Gasteiger partial charge in [0.25, 0.3) is 0 Å². The molecule has 1 N–H and O–H groups in total. The highest BCUT2D eigenvalue weighted by atomic mass is 79.9. The van der Waals surface area contributed by atoms with E-state index < -0.39 is 0 Å². The molecule has 6 heteroatoms. The number of nitrogens with one attached hydrogen (secondary N) is 1. The van der Waals surface area contributed by atoms with Crippen LogP contribution in [0.3, 0.4) is 0 Å². The van der Waals surface area contributed by atoms with Crippen LogP contribution in [-0.2, 0) is 6.54 Å². The molecular formula is C15H16BrN5. The number of hydrogen-bond donors (Lipinski definition) is 1. The highest BCUT2D eigenvalue weighted by molar-refractivity contribution is 9.10. The molecule has 1 aromatic carbocycles. The minimum Gasteiger partial charge on any atom is -0.341 e. The molecule has 1 fully saturated rings. The Morgan fingerprint density at radius 2 is 2.24 bits per heavy atom. The van der Waals surface area contributed by atoms with E-state index in [1.54, 1.807) is 0 Å². The van der Waals surface area contributed by atoms with E-state index in [1.807, 2.05) is 24.4 Å². The number of benzene rings is 1. The quantitative estimate of drug-likeness (QED) is 0.793. The molecule has 0 radical (unpaired) electrons. The van der Waals surface area contributed by atoms with Crippen molar-refractivity contribution in [3.63, 3.8) is 0 Å². The van der Waals surface area contributed by atoms with Gasteiger partial charge in [0.2, 0.25) is 0 Å². The summed E-state index contributed by atoms with van der Waals surface area (Å²) >= 11 is 3.46. The molecule has 21 heavy (non-hydrogen) atoms. The van der Waals surface area contributed by atoms with Crippen molar-refractivity contribution in [2.75, 3.05) is 13.1 Å². The summed E-state index contributed by atoms with van der Waals surface area (Å²) in [6.45, 7) is 2.97. The molecule has 2 aromatic heterocycles. The monoisotopic (exact) mass is 345 g/mol. The van der Waals surface area contributed by atoms with Crippen LogP contribution >= 0.6 is 15.9 Å². The number of halogens is 1. The van der Waals surface area contributed by atoms with Gasteiger partial charge < -0.3 is 4.98 Å². The lowest BCUT2D eigenvalue weighted by atomic mass is 10.3. The third-order valence-electron chi connectivity index (χ3n) is 4.00. The Balaban J connectivity index is 1.46. The van der Waals surface area contributed by atoms with Crippen molar-refractivity contribution >= 4 is 27.0 Å². The number of hydrogen-bond acceptors (Lipinski definition) is 3. The van der Waals surface area contributed by atoms with Gasteiger partial charge in [0, 0.05) is 19.3 Å². The molecule has 1 unspecified atom stereocenters. The van der Waals surface area contributed by atoms with E-state index in [0.29, 0.717) is 6.04 Å². The number of H-pyrrole nitrogens is 1. The van der Waals surface area contributed by atoms with Gasteiger partial charge >= 0.3 is 0 Å². The molecule has 3 heterocycles. The first-order valence-electron chi connectivity index (χ1n) is 7.13. The zero-order valence-electron chi connectivity index (χ0n) is 11.5. The highest BCUT2D eigenvalue weighted by Gasteiger charge is 2.25. The van der Waals surface area contributed by atoms with Crippen molar-refractivity contribution < 1.29 is 0 Å². The van der Waals surface area contributed by atoms with Crippen LogP contribution in [0.15, 0.2) is 41.1 Å². The summed E-state index contributed by atoms with van der Waals surface area (Å²) in [5.41, 5.74) is 2.15. The van der Waals surface area contributed by atoms with Crippen LogP contribution in [0.2, 0.25) is 0 Å². The number of imidazole rings is 1. The number of likely N-dealkylation sites (tertiary alicyclic amines) is 1. The van der Waals surface area contributed by atoms with Gasteiger partial charge in [-0.2, -0.15) is 5.10 Å². The third kappa shape index (κ3) is 2.61. The molecule has 1 aliphatic heterocycles. The molecule has 4 rings (SSSR count). The molecule has 0 spiro atoms. The first kappa shape index (κ1) is 13.0. The molecule has 0 bridgehead atoms. The summed E-state index contributed by atoms with van der Waals surface area (Å²) in [5.74, 6) is 1.04. The molecule has 0 amide bonds. The van der Waals surface area contributed by atoms with E-state index in [1.165, 1.54) is 0 Å². The van der Waals surface area contributed by atoms with Crippen molar-refractivity contribution in [2.45, 2.75) is 19.0 Å². The second kappa shape index (κ2) is 5.27. The van der Waals surface area contributed by atoms with E-state index in [-0.39, 0.29) is 0 Å². The normalized spacial score (nSPS) is 19.6. The van der Waals surface area contributed by atoms with Crippen LogP contribution in [0.4, 0.5) is 0 Å². The zero-order chi connectivity index (χ0) is 14.2. The Labute approximate surface area is 131 Å². The van der Waals surface area contributed by atoms with Crippen LogP contribution in [0.5, 0.6) is 0 Å². The Hall–Kier alpha value is -1.66. The van der Waals surface area contributed by atoms with Crippen molar-refractivity contribution in [2.24, 2.45) is 0 Å². The van der Waals surface area contributed by atoms with Crippen molar-refractivity contribution in [1.82, 2.24) is 24.6 Å². The molecule has 3 aromatic rings. The standard InChI is InChI=1S/C15H16BrN5/c16-11-7-17-21(8-11)12-5-6-20(9-12)10-15-18-13-3-1-2-4-14(13)19-15/h1-4,7-8,12H,5-6,9-10H2,(H,18,19). The molecule has 1 atom stereocenters. The van der Waals surface area contributed by atoms with Gasteiger partial charge in [-0.1, -0.05) is 12.1 Å². The summed E-state index contributed by atoms with van der Waals surface area (Å²) in [4.78, 5) is 10.5. The van der Waals surface area contributed by atoms with Gasteiger partial charge in [0.1, 0.15) is 5.82 Å². The van der Waals surface area contributed by atoms with Crippen molar-refractivity contribution in [3.8, 4) is 0 Å². The number of aromatic nitrogens is 4. The summed E-state index contributed by atoms with van der Waals surface area (Å²) in [7, 11) is 0. The second-order valence-electron chi connectivity index (χ2n) is 5.52. The maximum absolute atomic E-state index is 4.65. The Morgan fingerprint density at radius 3 is 3.05 bits per heavy atom. The summed E-state index contributed by atoms with van der Waals surface area (Å²) in [6, 6.07) is 8.63. The second-order valence-corrected chi connectivity index (χ2v) is 6.43. The van der Waals surface area contributed by atoms with E-state index in [2.05, 4.69) is 52.8 Å². The van der Waals surface area contributed by atoms with Crippen molar-refractivity contribution in [1.29, 1.82) is 0 Å². The molecule has 5 nitrogen and oxygen atoms in total. The van der Waals surface area contributed by atoms with Crippen LogP contribution in [-0.4, -0.2) is 37.7 Å². The van der Waals surface area contributed by atoms with Gasteiger partial charge in [-0.05, 0) is 34.5 Å². The third-order valence-corrected chi connectivity index (χ3v) is 4.41. The van der Waals surface area contributed by atoms with Crippen molar-refractivity contribution in [3.05, 3.63) is 47.0 Å².